The molecule has 1 aromatic rings. The fourth-order valence-corrected chi connectivity index (χ4v) is 6.57. The highest BCUT2D eigenvalue weighted by atomic mass is 35.5. The first kappa shape index (κ1) is 22.2. The van der Waals surface area contributed by atoms with Crippen LogP contribution in [0.1, 0.15) is 37.7 Å². The predicted octanol–water partition coefficient (Wildman–Crippen LogP) is 2.54. The maximum Gasteiger partial charge on any atom is 0.229 e. The van der Waals surface area contributed by atoms with Gasteiger partial charge in [-0.2, -0.15) is 0 Å². The second-order valence-corrected chi connectivity index (χ2v) is 10.0. The summed E-state index contributed by atoms with van der Waals surface area (Å²) in [6.07, 6.45) is -0.721. The van der Waals surface area contributed by atoms with Crippen LogP contribution < -0.4 is 4.74 Å². The van der Waals surface area contributed by atoms with Gasteiger partial charge in [0.2, 0.25) is 6.29 Å². The van der Waals surface area contributed by atoms with Gasteiger partial charge in [0, 0.05) is 5.56 Å². The zero-order valence-corrected chi connectivity index (χ0v) is 18.6. The van der Waals surface area contributed by atoms with Crippen molar-refractivity contribution in [1.82, 2.24) is 0 Å². The van der Waals surface area contributed by atoms with Crippen molar-refractivity contribution in [2.24, 2.45) is 23.7 Å². The van der Waals surface area contributed by atoms with Crippen molar-refractivity contribution in [3.05, 3.63) is 34.4 Å². The van der Waals surface area contributed by atoms with Crippen molar-refractivity contribution in [3.63, 3.8) is 0 Å². The lowest BCUT2D eigenvalue weighted by Crippen LogP contribution is -2.59. The average Bonchev–Trinajstić information content (AvgIpc) is 2.77. The highest BCUT2D eigenvalue weighted by molar-refractivity contribution is 6.32. The summed E-state index contributed by atoms with van der Waals surface area (Å²) >= 11 is 6.35. The maximum atomic E-state index is 11.2. The van der Waals surface area contributed by atoms with Gasteiger partial charge >= 0.3 is 0 Å². The summed E-state index contributed by atoms with van der Waals surface area (Å²) in [4.78, 5) is 11.2. The van der Waals surface area contributed by atoms with Gasteiger partial charge in [0.15, 0.2) is 6.29 Å². The first-order chi connectivity index (χ1) is 15.4. The van der Waals surface area contributed by atoms with Crippen LogP contribution in [0.5, 0.6) is 5.75 Å². The molecule has 0 radical (unpaired) electrons. The number of ether oxygens (including phenoxy) is 3. The molecule has 1 heterocycles. The molecule has 0 spiro atoms. The average molecular weight is 465 g/mol. The van der Waals surface area contributed by atoms with Gasteiger partial charge in [0.05, 0.1) is 12.1 Å². The lowest BCUT2D eigenvalue weighted by atomic mass is 9.54. The van der Waals surface area contributed by atoms with E-state index in [0.717, 1.165) is 23.2 Å². The number of benzene rings is 1. The Morgan fingerprint density at radius 1 is 1.03 bits per heavy atom. The number of aliphatic hydroxyl groups is 3. The molecule has 0 aromatic heterocycles. The molecule has 5 atom stereocenters. The van der Waals surface area contributed by atoms with E-state index in [1.165, 1.54) is 37.7 Å². The van der Waals surface area contributed by atoms with Gasteiger partial charge in [0.1, 0.15) is 35.9 Å². The Labute approximate surface area is 191 Å². The molecule has 32 heavy (non-hydrogen) atoms. The number of carbonyl (C=O) groups is 1. The second-order valence-electron chi connectivity index (χ2n) is 9.63. The first-order valence-electron chi connectivity index (χ1n) is 11.3. The van der Waals surface area contributed by atoms with E-state index >= 15 is 0 Å². The largest absolute Gasteiger partial charge is 0.496 e. The molecule has 174 valence electrons. The third-order valence-corrected chi connectivity index (χ3v) is 7.97. The van der Waals surface area contributed by atoms with Crippen LogP contribution in [0.4, 0.5) is 0 Å². The molecule has 5 fully saturated rings. The molecule has 8 heteroatoms. The van der Waals surface area contributed by atoms with Crippen molar-refractivity contribution in [1.29, 1.82) is 0 Å². The topological polar surface area (TPSA) is 105 Å². The number of aliphatic hydroxyl groups excluding tert-OH is 3. The second kappa shape index (κ2) is 8.61. The van der Waals surface area contributed by atoms with Crippen LogP contribution in [0.3, 0.4) is 0 Å². The molecule has 5 unspecified atom stereocenters. The SMILES string of the molecule is COC(=C1C2CC3CC(C2)CC1C3)c1ccc(Cl)c(OC2OC(C=O)C(O)C(O)C2O)c1. The minimum absolute atomic E-state index is 0.237. The highest BCUT2D eigenvalue weighted by Crippen LogP contribution is 2.58. The van der Waals surface area contributed by atoms with Crippen LogP contribution in [-0.2, 0) is 14.3 Å². The minimum atomic E-state index is -1.59. The highest BCUT2D eigenvalue weighted by Gasteiger charge is 2.47. The van der Waals surface area contributed by atoms with Crippen molar-refractivity contribution in [2.75, 3.05) is 7.11 Å². The maximum absolute atomic E-state index is 11.2. The third kappa shape index (κ3) is 3.74. The van der Waals surface area contributed by atoms with Gasteiger partial charge in [-0.1, -0.05) is 11.6 Å². The standard InChI is InChI=1S/C24H29ClO7/c1-30-23(19-14-5-11-4-12(7-14)8-15(19)6-11)13-2-3-16(25)17(9-13)31-24-22(29)21(28)20(27)18(10-26)32-24/h2-3,9-12,14-15,18,20-22,24,27-29H,4-8H2,1H3. The summed E-state index contributed by atoms with van der Waals surface area (Å²) in [5.74, 6) is 3.86. The molecule has 1 aliphatic heterocycles. The lowest BCUT2D eigenvalue weighted by molar-refractivity contribution is -0.263. The minimum Gasteiger partial charge on any atom is -0.496 e. The van der Waals surface area contributed by atoms with Crippen LogP contribution in [0.15, 0.2) is 23.8 Å². The summed E-state index contributed by atoms with van der Waals surface area (Å²) in [5.41, 5.74) is 2.22. The molecule has 7 nitrogen and oxygen atoms in total. The molecule has 0 amide bonds. The Kier molecular flexibility index (Phi) is 5.97. The summed E-state index contributed by atoms with van der Waals surface area (Å²) in [7, 11) is 1.68. The van der Waals surface area contributed by atoms with E-state index in [-0.39, 0.29) is 5.75 Å². The molecule has 5 aliphatic rings. The van der Waals surface area contributed by atoms with Crippen LogP contribution in [0.2, 0.25) is 5.02 Å². The molecular weight excluding hydrogens is 436 g/mol. The van der Waals surface area contributed by atoms with Gasteiger partial charge in [0.25, 0.3) is 0 Å². The summed E-state index contributed by atoms with van der Waals surface area (Å²) in [5, 5.41) is 30.5. The molecule has 1 aromatic carbocycles. The van der Waals surface area contributed by atoms with E-state index in [4.69, 9.17) is 25.8 Å². The quantitative estimate of drug-likeness (QED) is 0.454. The number of allylic oxidation sites excluding steroid dienone is 1. The molecule has 3 N–H and O–H groups in total. The van der Waals surface area contributed by atoms with Crippen LogP contribution in [0.25, 0.3) is 5.76 Å². The van der Waals surface area contributed by atoms with Crippen molar-refractivity contribution in [2.45, 2.75) is 62.8 Å². The number of aldehydes is 1. The number of halogens is 1. The third-order valence-electron chi connectivity index (χ3n) is 7.66. The molecule has 4 saturated carbocycles. The van der Waals surface area contributed by atoms with E-state index in [1.54, 1.807) is 19.2 Å². The zero-order chi connectivity index (χ0) is 22.6. The summed E-state index contributed by atoms with van der Waals surface area (Å²) in [6.45, 7) is 0. The van der Waals surface area contributed by atoms with Gasteiger partial charge in [-0.25, -0.2) is 0 Å². The van der Waals surface area contributed by atoms with Crippen LogP contribution in [-0.4, -0.2) is 59.4 Å². The normalized spacial score (nSPS) is 40.3. The molecule has 4 aliphatic carbocycles. The summed E-state index contributed by atoms with van der Waals surface area (Å²) in [6, 6.07) is 5.32. The lowest BCUT2D eigenvalue weighted by Gasteiger charge is -2.51. The summed E-state index contributed by atoms with van der Waals surface area (Å²) < 4.78 is 17.1. The molecule has 6 rings (SSSR count). The fourth-order valence-electron chi connectivity index (χ4n) is 6.41. The van der Waals surface area contributed by atoms with Gasteiger partial charge in [-0.15, -0.1) is 0 Å². The van der Waals surface area contributed by atoms with Crippen molar-refractivity contribution < 1.29 is 34.3 Å². The molecule has 4 bridgehead atoms. The zero-order valence-electron chi connectivity index (χ0n) is 17.9. The Hall–Kier alpha value is -1.64. The number of hydrogen-bond acceptors (Lipinski definition) is 7. The number of carbonyl (C=O) groups excluding carboxylic acids is 1. The Morgan fingerprint density at radius 3 is 2.28 bits per heavy atom. The van der Waals surface area contributed by atoms with E-state index < -0.39 is 30.7 Å². The molecule has 1 saturated heterocycles. The van der Waals surface area contributed by atoms with Crippen LogP contribution >= 0.6 is 11.6 Å². The van der Waals surface area contributed by atoms with E-state index in [2.05, 4.69) is 0 Å². The van der Waals surface area contributed by atoms with E-state index in [9.17, 15) is 20.1 Å². The Morgan fingerprint density at radius 2 is 1.69 bits per heavy atom. The number of hydrogen-bond donors (Lipinski definition) is 3. The predicted molar refractivity (Wildman–Crippen MR) is 116 cm³/mol. The monoisotopic (exact) mass is 464 g/mol. The Bertz CT molecular complexity index is 886. The number of rotatable bonds is 5. The first-order valence-corrected chi connectivity index (χ1v) is 11.7. The van der Waals surface area contributed by atoms with Crippen molar-refractivity contribution in [3.8, 4) is 5.75 Å². The van der Waals surface area contributed by atoms with Gasteiger partial charge < -0.3 is 34.3 Å². The van der Waals surface area contributed by atoms with Crippen LogP contribution in [0, 0.1) is 23.7 Å². The van der Waals surface area contributed by atoms with E-state index in [0.29, 0.717) is 23.1 Å². The van der Waals surface area contributed by atoms with Crippen molar-refractivity contribution >= 4 is 23.6 Å². The number of methoxy groups -OCH3 is 1. The Balaban J connectivity index is 1.44. The smallest absolute Gasteiger partial charge is 0.229 e. The fraction of sp³-hybridized carbons (Fsp3) is 0.625. The van der Waals surface area contributed by atoms with Gasteiger partial charge in [-0.05, 0) is 79.5 Å². The van der Waals surface area contributed by atoms with E-state index in [1.807, 2.05) is 6.07 Å². The van der Waals surface area contributed by atoms with Gasteiger partial charge in [-0.3, -0.25) is 0 Å². The molecular formula is C24H29ClO7.